The molecule has 43 valence electrons. The summed E-state index contributed by atoms with van der Waals surface area (Å²) in [5.41, 5.74) is 6.84. The van der Waals surface area contributed by atoms with Gasteiger partial charge in [-0.15, -0.1) is 0 Å². The van der Waals surface area contributed by atoms with Gasteiger partial charge >= 0.3 is 0 Å². The lowest BCUT2D eigenvalue weighted by Crippen LogP contribution is -2.30. The highest BCUT2D eigenvalue weighted by Gasteiger charge is 1.85. The normalized spacial score (nSPS) is 10.3. The van der Waals surface area contributed by atoms with Crippen LogP contribution < -0.4 is 10.9 Å². The van der Waals surface area contributed by atoms with E-state index in [9.17, 15) is 0 Å². The van der Waals surface area contributed by atoms with Crippen molar-refractivity contribution in [2.24, 2.45) is 0 Å². The molecule has 0 aromatic rings. The predicted molar refractivity (Wildman–Crippen MR) is 30.9 cm³/mol. The van der Waals surface area contributed by atoms with Gasteiger partial charge in [-0.1, -0.05) is 0 Å². The first kappa shape index (κ1) is 6.92. The van der Waals surface area contributed by atoms with E-state index < -0.39 is 0 Å². The Balaban J connectivity index is 2.68. The van der Waals surface area contributed by atoms with Crippen molar-refractivity contribution in [3.8, 4) is 0 Å². The number of nitrogens with one attached hydrogen (secondary N) is 1. The van der Waals surface area contributed by atoms with Crippen LogP contribution in [0.1, 0.15) is 20.8 Å². The fourth-order valence-corrected chi connectivity index (χ4v) is 0.274. The molecule has 0 atom stereocenters. The number of hydrogen-bond donors (Lipinski definition) is 1. The average molecular weight is 101 g/mol. The molecule has 0 aromatic heterocycles. The Hall–Kier alpha value is -0.0800. The van der Waals surface area contributed by atoms with E-state index in [0.717, 1.165) is 6.54 Å². The predicted octanol–water partition coefficient (Wildman–Crippen LogP) is 0.524. The van der Waals surface area contributed by atoms with Crippen LogP contribution in [0.15, 0.2) is 0 Å². The molecule has 2 heteroatoms. The second-order valence-electron chi connectivity index (χ2n) is 1.76. The molecule has 0 bridgehead atoms. The summed E-state index contributed by atoms with van der Waals surface area (Å²) < 4.78 is 0. The third-order valence-corrected chi connectivity index (χ3v) is 0.508. The highest BCUT2D eigenvalue weighted by Crippen LogP contribution is 1.69. The monoisotopic (exact) mass is 101 g/mol. The van der Waals surface area contributed by atoms with E-state index >= 15 is 0 Å². The third kappa shape index (κ3) is 5.92. The van der Waals surface area contributed by atoms with Crippen LogP contribution in [0, 0.1) is 0 Å². The van der Waals surface area contributed by atoms with Crippen LogP contribution in [0.2, 0.25) is 0 Å². The molecule has 0 aromatic carbocycles. The molecule has 0 aliphatic carbocycles. The van der Waals surface area contributed by atoms with Gasteiger partial charge in [0.2, 0.25) is 0 Å². The minimum atomic E-state index is 0.486. The van der Waals surface area contributed by atoms with Crippen LogP contribution in [-0.2, 0) is 0 Å². The summed E-state index contributed by atoms with van der Waals surface area (Å²) in [7, 11) is 0. The van der Waals surface area contributed by atoms with Crippen LogP contribution in [0.4, 0.5) is 0 Å². The maximum atomic E-state index is 3.92. The summed E-state index contributed by atoms with van der Waals surface area (Å²) in [5, 5.41) is 0. The molecule has 0 aliphatic heterocycles. The van der Waals surface area contributed by atoms with Gasteiger partial charge in [0.15, 0.2) is 0 Å². The van der Waals surface area contributed by atoms with Gasteiger partial charge in [0.1, 0.15) is 0 Å². The summed E-state index contributed by atoms with van der Waals surface area (Å²) in [4.78, 5) is 0. The number of rotatable bonds is 3. The van der Waals surface area contributed by atoms with Crippen LogP contribution in [0.3, 0.4) is 0 Å². The molecule has 0 saturated carbocycles. The first-order chi connectivity index (χ1) is 3.27. The molecular weight excluding hydrogens is 88.1 g/mol. The summed E-state index contributed by atoms with van der Waals surface area (Å²) in [6.07, 6.45) is 0. The summed E-state index contributed by atoms with van der Waals surface area (Å²) in [5.74, 6) is 0. The van der Waals surface area contributed by atoms with Crippen molar-refractivity contribution < 1.29 is 0 Å². The van der Waals surface area contributed by atoms with Gasteiger partial charge in [-0.3, -0.25) is 0 Å². The lowest BCUT2D eigenvalue weighted by Gasteiger charge is -2.03. The molecule has 0 spiro atoms. The van der Waals surface area contributed by atoms with E-state index in [0.29, 0.717) is 6.04 Å². The Bertz CT molecular complexity index is 35.1. The van der Waals surface area contributed by atoms with E-state index in [2.05, 4.69) is 24.7 Å². The van der Waals surface area contributed by atoms with Crippen molar-refractivity contribution in [1.29, 1.82) is 0 Å². The fraction of sp³-hybridized carbons (Fsp3) is 1.00. The molecule has 0 unspecified atom stereocenters. The van der Waals surface area contributed by atoms with Crippen molar-refractivity contribution in [2.45, 2.75) is 26.8 Å². The molecule has 2 nitrogen and oxygen atoms in total. The van der Waals surface area contributed by atoms with E-state index in [1.165, 1.54) is 0 Å². The van der Waals surface area contributed by atoms with Gasteiger partial charge in [0.25, 0.3) is 0 Å². The van der Waals surface area contributed by atoms with E-state index in [1.54, 1.807) is 0 Å². The summed E-state index contributed by atoms with van der Waals surface area (Å²) >= 11 is 0. The van der Waals surface area contributed by atoms with Crippen LogP contribution in [0.25, 0.3) is 0 Å². The molecule has 0 saturated heterocycles. The van der Waals surface area contributed by atoms with Gasteiger partial charge in [-0.05, 0) is 20.8 Å². The van der Waals surface area contributed by atoms with Crippen LogP contribution in [-0.4, -0.2) is 12.6 Å². The summed E-state index contributed by atoms with van der Waals surface area (Å²) in [6.45, 7) is 7.01. The smallest absolute Gasteiger partial charge is 0.0276 e. The first-order valence-corrected chi connectivity index (χ1v) is 2.69. The molecule has 0 amide bonds. The van der Waals surface area contributed by atoms with Crippen molar-refractivity contribution in [1.82, 2.24) is 10.9 Å². The molecule has 0 rings (SSSR count). The lowest BCUT2D eigenvalue weighted by molar-refractivity contribution is 0.476. The zero-order valence-electron chi connectivity index (χ0n) is 5.23. The van der Waals surface area contributed by atoms with Gasteiger partial charge in [0, 0.05) is 12.6 Å². The van der Waals surface area contributed by atoms with E-state index in [1.807, 2.05) is 6.92 Å². The Morgan fingerprint density at radius 1 is 1.57 bits per heavy atom. The number of hydrogen-bond acceptors (Lipinski definition) is 1. The van der Waals surface area contributed by atoms with Crippen molar-refractivity contribution in [2.75, 3.05) is 6.54 Å². The minimum Gasteiger partial charge on any atom is -0.238 e. The van der Waals surface area contributed by atoms with Crippen molar-refractivity contribution in [3.63, 3.8) is 0 Å². The molecule has 1 N–H and O–H groups in total. The van der Waals surface area contributed by atoms with Gasteiger partial charge < -0.3 is 0 Å². The molecular formula is C5H13N2. The highest BCUT2D eigenvalue weighted by atomic mass is 15.4. The molecule has 7 heavy (non-hydrogen) atoms. The molecule has 0 fully saturated rings. The maximum Gasteiger partial charge on any atom is 0.0276 e. The second-order valence-corrected chi connectivity index (χ2v) is 1.76. The van der Waals surface area contributed by atoms with E-state index in [-0.39, 0.29) is 0 Å². The van der Waals surface area contributed by atoms with Gasteiger partial charge in [-0.2, -0.15) is 5.43 Å². The van der Waals surface area contributed by atoms with Crippen molar-refractivity contribution in [3.05, 3.63) is 0 Å². The molecule has 0 aliphatic rings. The van der Waals surface area contributed by atoms with Crippen molar-refractivity contribution >= 4 is 0 Å². The first-order valence-electron chi connectivity index (χ1n) is 2.69. The highest BCUT2D eigenvalue weighted by molar-refractivity contribution is 4.42. The third-order valence-electron chi connectivity index (χ3n) is 0.508. The maximum absolute atomic E-state index is 3.92. The number of nitrogens with zero attached hydrogens (tertiary/aromatic N) is 1. The van der Waals surface area contributed by atoms with E-state index in [4.69, 9.17) is 0 Å². The lowest BCUT2D eigenvalue weighted by atomic mass is 10.4. The largest absolute Gasteiger partial charge is 0.238 e. The Morgan fingerprint density at radius 2 is 2.14 bits per heavy atom. The topological polar surface area (TPSA) is 26.1 Å². The standard InChI is InChI=1S/C5H13N2/c1-4-6-7-5(2)3/h5,7H,4H2,1-3H3. The zero-order chi connectivity index (χ0) is 5.70. The molecule has 0 heterocycles. The van der Waals surface area contributed by atoms with Crippen LogP contribution >= 0.6 is 0 Å². The Labute approximate surface area is 45.3 Å². The fourth-order valence-electron chi connectivity index (χ4n) is 0.274. The molecule has 1 radical (unpaired) electrons. The zero-order valence-corrected chi connectivity index (χ0v) is 5.23. The minimum absolute atomic E-state index is 0.486. The second kappa shape index (κ2) is 4.09. The van der Waals surface area contributed by atoms with Gasteiger partial charge in [-0.25, -0.2) is 5.43 Å². The summed E-state index contributed by atoms with van der Waals surface area (Å²) in [6, 6.07) is 0.486. The average Bonchev–Trinajstić information content (AvgIpc) is 1.61. The Kier molecular flexibility index (Phi) is 4.04. The SMILES string of the molecule is CC[N]NC(C)C. The Morgan fingerprint density at radius 3 is 2.29 bits per heavy atom. The van der Waals surface area contributed by atoms with Crippen LogP contribution in [0.5, 0.6) is 0 Å². The quantitative estimate of drug-likeness (QED) is 0.515. The van der Waals surface area contributed by atoms with Gasteiger partial charge in [0.05, 0.1) is 0 Å².